The van der Waals surface area contributed by atoms with E-state index in [4.69, 9.17) is 7.58 Å². The first-order valence-electron chi connectivity index (χ1n) is 10.5. The van der Waals surface area contributed by atoms with Gasteiger partial charge >= 0.3 is 209 Å². The van der Waals surface area contributed by atoms with Gasteiger partial charge < -0.3 is 5.48 Å². The molecule has 0 saturated carbocycles. The van der Waals surface area contributed by atoms with Gasteiger partial charge in [0.25, 0.3) is 0 Å². The van der Waals surface area contributed by atoms with Crippen molar-refractivity contribution in [2.24, 2.45) is 0 Å². The summed E-state index contributed by atoms with van der Waals surface area (Å²) in [4.78, 5) is 27.2. The molecule has 0 bridgehead atoms. The van der Waals surface area contributed by atoms with E-state index in [0.717, 1.165) is 32.0 Å². The maximum absolute atomic E-state index is 12.7. The summed E-state index contributed by atoms with van der Waals surface area (Å²) in [6.07, 6.45) is 0. The molecule has 0 aliphatic carbocycles. The predicted molar refractivity (Wildman–Crippen MR) is 136 cm³/mol. The standard InChI is InChI=1S/2C13H12O2S.Al.H2O/c2*1-9(13(14)15)12-11(7-8-16-12)10-5-3-2-4-6-10;;/h2*2-9H,1H3,(H,14,15);;1H2/q;;+3;/p-3. The molecule has 34 heavy (non-hydrogen) atoms. The van der Waals surface area contributed by atoms with Crippen LogP contribution in [0.3, 0.4) is 0 Å². The monoisotopic (exact) mass is 506 g/mol. The van der Waals surface area contributed by atoms with Crippen molar-refractivity contribution >= 4 is 50.5 Å². The van der Waals surface area contributed by atoms with E-state index in [-0.39, 0.29) is 17.4 Å². The van der Waals surface area contributed by atoms with Gasteiger partial charge in [0.05, 0.1) is 0 Å². The smallest absolute Gasteiger partial charge is 0.870 e. The van der Waals surface area contributed by atoms with E-state index in [2.05, 4.69) is 0 Å². The Morgan fingerprint density at radius 2 is 1.06 bits per heavy atom. The minimum atomic E-state index is -1.23. The molecular weight excluding hydrogens is 483 g/mol. The van der Waals surface area contributed by atoms with Gasteiger partial charge in [0.15, 0.2) is 0 Å². The third-order valence-electron chi connectivity index (χ3n) is 5.38. The minimum Gasteiger partial charge on any atom is -0.870 e. The van der Waals surface area contributed by atoms with Crippen LogP contribution in [0.1, 0.15) is 35.4 Å². The molecule has 4 aromatic rings. The molecule has 4 rings (SSSR count). The van der Waals surface area contributed by atoms with Gasteiger partial charge in [-0.3, -0.25) is 0 Å². The van der Waals surface area contributed by atoms with Gasteiger partial charge in [-0.1, -0.05) is 0 Å². The molecule has 0 fully saturated rings. The number of carbonyl (C=O) groups excluding carboxylic acids is 2. The summed E-state index contributed by atoms with van der Waals surface area (Å²) in [5.41, 5.74) is 4.17. The van der Waals surface area contributed by atoms with Crippen molar-refractivity contribution in [3.05, 3.63) is 93.3 Å². The molecule has 2 aromatic carbocycles. The Bertz CT molecular complexity index is 1120. The number of rotatable bonds is 8. The Labute approximate surface area is 213 Å². The number of benzene rings is 2. The fraction of sp³-hybridized carbons (Fsp3) is 0.154. The Balaban J connectivity index is 0.00000324. The van der Waals surface area contributed by atoms with Crippen LogP contribution in [0, 0.1) is 0 Å². The van der Waals surface area contributed by atoms with Gasteiger partial charge in [-0.05, 0) is 0 Å². The van der Waals surface area contributed by atoms with Gasteiger partial charge in [0, 0.05) is 0 Å². The summed E-state index contributed by atoms with van der Waals surface area (Å²) in [5, 5.41) is 3.95. The Morgan fingerprint density at radius 1 is 0.676 bits per heavy atom. The molecule has 0 saturated heterocycles. The molecule has 2 heterocycles. The van der Waals surface area contributed by atoms with Gasteiger partial charge in [0.1, 0.15) is 0 Å². The van der Waals surface area contributed by atoms with E-state index < -0.39 is 27.7 Å². The van der Waals surface area contributed by atoms with Gasteiger partial charge in [-0.15, -0.1) is 0 Å². The number of thiophene rings is 2. The topological polar surface area (TPSA) is 82.6 Å². The van der Waals surface area contributed by atoms with Gasteiger partial charge in [-0.2, -0.15) is 0 Å². The van der Waals surface area contributed by atoms with Crippen molar-refractivity contribution in [2.75, 3.05) is 0 Å². The third-order valence-corrected chi connectivity index (χ3v) is 8.24. The summed E-state index contributed by atoms with van der Waals surface area (Å²) >= 11 is 1.82. The van der Waals surface area contributed by atoms with Gasteiger partial charge in [0.2, 0.25) is 0 Å². The van der Waals surface area contributed by atoms with Gasteiger partial charge in [-0.25, -0.2) is 0 Å². The number of hydrogen-bond donors (Lipinski definition) is 0. The molecule has 0 amide bonds. The summed E-state index contributed by atoms with van der Waals surface area (Å²) in [6, 6.07) is 23.9. The first-order chi connectivity index (χ1) is 16.1. The number of hydrogen-bond acceptors (Lipinski definition) is 7. The Hall–Kier alpha value is -2.73. The second-order valence-electron chi connectivity index (χ2n) is 7.54. The van der Waals surface area contributed by atoms with Crippen LogP contribution in [0.2, 0.25) is 0 Å². The molecule has 5 nitrogen and oxygen atoms in total. The summed E-state index contributed by atoms with van der Waals surface area (Å²) < 4.78 is 10.8. The first-order valence-corrected chi connectivity index (χ1v) is 13.2. The van der Waals surface area contributed by atoms with Crippen LogP contribution in [-0.2, 0) is 17.2 Å². The van der Waals surface area contributed by atoms with E-state index in [1.54, 1.807) is 0 Å². The van der Waals surface area contributed by atoms with Crippen LogP contribution >= 0.6 is 22.7 Å². The molecule has 1 N–H and O–H groups in total. The van der Waals surface area contributed by atoms with Crippen molar-refractivity contribution in [3.63, 3.8) is 0 Å². The molecule has 0 radical (unpaired) electrons. The minimum absolute atomic E-state index is 0. The van der Waals surface area contributed by atoms with E-state index in [0.29, 0.717) is 0 Å². The third kappa shape index (κ3) is 5.84. The fourth-order valence-electron chi connectivity index (χ4n) is 3.56. The quantitative estimate of drug-likeness (QED) is 0.255. The zero-order chi connectivity index (χ0) is 23.2. The van der Waals surface area contributed by atoms with Crippen molar-refractivity contribution in [1.82, 2.24) is 0 Å². The predicted octanol–water partition coefficient (Wildman–Crippen LogP) is 6.49. The van der Waals surface area contributed by atoms with E-state index in [9.17, 15) is 9.59 Å². The maximum atomic E-state index is 12.7. The van der Waals surface area contributed by atoms with Crippen LogP contribution in [0.4, 0.5) is 0 Å². The van der Waals surface area contributed by atoms with Crippen LogP contribution in [0.25, 0.3) is 22.3 Å². The Morgan fingerprint density at radius 3 is 1.44 bits per heavy atom. The number of carbonyl (C=O) groups is 2. The average Bonchev–Trinajstić information content (AvgIpc) is 3.54. The molecule has 0 spiro atoms. The zero-order valence-electron chi connectivity index (χ0n) is 18.7. The second-order valence-corrected chi connectivity index (χ2v) is 10.1. The molecule has 8 heteroatoms. The molecule has 2 aromatic heterocycles. The summed E-state index contributed by atoms with van der Waals surface area (Å²) in [6.45, 7) is 3.64. The molecular formula is C26H23AlO5S2. The van der Waals surface area contributed by atoms with Crippen molar-refractivity contribution < 1.29 is 22.6 Å². The molecule has 2 unspecified atom stereocenters. The van der Waals surface area contributed by atoms with E-state index in [1.807, 2.05) is 97.4 Å². The van der Waals surface area contributed by atoms with Crippen LogP contribution < -0.4 is 0 Å². The SMILES string of the molecule is CC(C(=O)[O][Al+][O]C(=O)C(C)c1sccc1-c1ccccc1)c1sccc1-c1ccccc1.[OH-]. The fourth-order valence-corrected chi connectivity index (χ4v) is 6.14. The van der Waals surface area contributed by atoms with E-state index >= 15 is 0 Å². The van der Waals surface area contributed by atoms with Crippen molar-refractivity contribution in [1.29, 1.82) is 0 Å². The van der Waals surface area contributed by atoms with Crippen LogP contribution in [-0.4, -0.2) is 33.3 Å². The summed E-state index contributed by atoms with van der Waals surface area (Å²) in [5.74, 6) is -1.64. The molecule has 2 atom stereocenters. The molecule has 0 aliphatic rings. The summed E-state index contributed by atoms with van der Waals surface area (Å²) in [7, 11) is 0. The van der Waals surface area contributed by atoms with Crippen LogP contribution in [0.15, 0.2) is 83.6 Å². The normalized spacial score (nSPS) is 12.1. The molecule has 172 valence electrons. The van der Waals surface area contributed by atoms with Crippen LogP contribution in [0.5, 0.6) is 0 Å². The van der Waals surface area contributed by atoms with E-state index in [1.165, 1.54) is 22.7 Å². The molecule has 0 aliphatic heterocycles. The largest absolute Gasteiger partial charge is 0.870 e. The van der Waals surface area contributed by atoms with Crippen molar-refractivity contribution in [3.8, 4) is 22.3 Å². The zero-order valence-corrected chi connectivity index (χ0v) is 21.5. The maximum Gasteiger partial charge on any atom is -0.870 e. The Kier molecular flexibility index (Phi) is 9.22. The second kappa shape index (κ2) is 12.1. The van der Waals surface area contributed by atoms with Crippen molar-refractivity contribution in [2.45, 2.75) is 25.7 Å². The first kappa shape index (κ1) is 25.9. The average molecular weight is 507 g/mol.